The zero-order valence-corrected chi connectivity index (χ0v) is 14.7. The van der Waals surface area contributed by atoms with Crippen LogP contribution in [-0.4, -0.2) is 17.8 Å². The van der Waals surface area contributed by atoms with Gasteiger partial charge in [0.2, 0.25) is 0 Å². The van der Waals surface area contributed by atoms with Crippen molar-refractivity contribution in [3.63, 3.8) is 0 Å². The first-order chi connectivity index (χ1) is 11.0. The lowest BCUT2D eigenvalue weighted by atomic mass is 9.95. The van der Waals surface area contributed by atoms with Crippen LogP contribution in [0.4, 0.5) is 0 Å². The molecule has 0 fully saturated rings. The molecule has 0 amide bonds. The van der Waals surface area contributed by atoms with E-state index in [1.165, 1.54) is 16.7 Å². The van der Waals surface area contributed by atoms with E-state index in [9.17, 15) is 5.11 Å². The fourth-order valence-electron chi connectivity index (χ4n) is 2.81. The van der Waals surface area contributed by atoms with Crippen LogP contribution < -0.4 is 0 Å². The third kappa shape index (κ3) is 4.73. The molecule has 1 aliphatic rings. The van der Waals surface area contributed by atoms with E-state index in [1.807, 2.05) is 6.07 Å². The number of allylic oxidation sites excluding steroid dienone is 1. The third-order valence-electron chi connectivity index (χ3n) is 4.31. The molecule has 2 nitrogen and oxygen atoms in total. The molecule has 1 unspecified atom stereocenters. The summed E-state index contributed by atoms with van der Waals surface area (Å²) in [5, 5.41) is 10.0. The molecule has 1 N–H and O–H groups in total. The summed E-state index contributed by atoms with van der Waals surface area (Å²) in [7, 11) is 0. The van der Waals surface area contributed by atoms with Crippen LogP contribution in [0.25, 0.3) is 6.08 Å². The van der Waals surface area contributed by atoms with Gasteiger partial charge in [0.15, 0.2) is 0 Å². The van der Waals surface area contributed by atoms with E-state index in [0.717, 1.165) is 31.2 Å². The van der Waals surface area contributed by atoms with Crippen molar-refractivity contribution >= 4 is 17.7 Å². The molecule has 0 saturated carbocycles. The fourth-order valence-corrected chi connectivity index (χ4v) is 3.04. The predicted octanol–water partition coefficient (Wildman–Crippen LogP) is 5.91. The highest BCUT2D eigenvalue weighted by Gasteiger charge is 2.21. The van der Waals surface area contributed by atoms with Gasteiger partial charge in [-0.1, -0.05) is 49.8 Å². The van der Waals surface area contributed by atoms with Gasteiger partial charge >= 0.3 is 0 Å². The number of phenols is 1. The lowest BCUT2D eigenvalue weighted by Crippen LogP contribution is -2.11. The van der Waals surface area contributed by atoms with E-state index in [4.69, 9.17) is 16.3 Å². The molecule has 1 atom stereocenters. The molecule has 0 bridgehead atoms. The van der Waals surface area contributed by atoms with Gasteiger partial charge in [-0.05, 0) is 60.6 Å². The van der Waals surface area contributed by atoms with Crippen molar-refractivity contribution in [3.8, 4) is 5.75 Å². The summed E-state index contributed by atoms with van der Waals surface area (Å²) in [6.07, 6.45) is 8.29. The summed E-state index contributed by atoms with van der Waals surface area (Å²) < 4.78 is 5.83. The van der Waals surface area contributed by atoms with Crippen molar-refractivity contribution in [3.05, 3.63) is 58.2 Å². The Morgan fingerprint density at radius 1 is 1.39 bits per heavy atom. The molecule has 0 spiro atoms. The normalized spacial score (nSPS) is 18.1. The van der Waals surface area contributed by atoms with E-state index in [0.29, 0.717) is 11.6 Å². The van der Waals surface area contributed by atoms with Gasteiger partial charge < -0.3 is 9.84 Å². The van der Waals surface area contributed by atoms with Gasteiger partial charge in [0.1, 0.15) is 5.75 Å². The van der Waals surface area contributed by atoms with E-state index in [1.54, 1.807) is 12.1 Å². The molecule has 3 heteroatoms. The molecule has 124 valence electrons. The van der Waals surface area contributed by atoms with Gasteiger partial charge in [0.05, 0.1) is 17.7 Å². The molecular weight excluding hydrogens is 308 g/mol. The lowest BCUT2D eigenvalue weighted by Gasteiger charge is -2.17. The van der Waals surface area contributed by atoms with Crippen LogP contribution in [-0.2, 0) is 4.74 Å². The first kappa shape index (κ1) is 17.8. The Labute approximate surface area is 144 Å². The second kappa shape index (κ2) is 8.37. The van der Waals surface area contributed by atoms with Gasteiger partial charge in [-0.3, -0.25) is 0 Å². The van der Waals surface area contributed by atoms with Crippen LogP contribution in [0.5, 0.6) is 5.75 Å². The molecule has 1 aliphatic heterocycles. The van der Waals surface area contributed by atoms with Crippen LogP contribution in [0.1, 0.15) is 45.1 Å². The second-order valence-corrected chi connectivity index (χ2v) is 6.25. The Balaban J connectivity index is 2.04. The minimum Gasteiger partial charge on any atom is -0.508 e. The van der Waals surface area contributed by atoms with E-state index in [-0.39, 0.29) is 11.9 Å². The minimum absolute atomic E-state index is 0.160. The van der Waals surface area contributed by atoms with Crippen molar-refractivity contribution in [2.24, 2.45) is 0 Å². The van der Waals surface area contributed by atoms with Crippen molar-refractivity contribution < 1.29 is 9.84 Å². The van der Waals surface area contributed by atoms with Gasteiger partial charge in [0, 0.05) is 0 Å². The standard InChI is InChI=1S/C20H25ClO2/c1-4-14(3)18-10-11-23-20(18)9-6-15(5-2)12-16-7-8-17(22)13-19(16)21/h7-8,10,12-13,20,22H,3-6,9,11H2,1-2H3/b15-12+. The number of phenolic OH excluding ortho intramolecular Hbond substituents is 1. The molecule has 23 heavy (non-hydrogen) atoms. The molecule has 0 aliphatic carbocycles. The van der Waals surface area contributed by atoms with Crippen LogP contribution in [0.3, 0.4) is 0 Å². The molecule has 1 heterocycles. The zero-order valence-electron chi connectivity index (χ0n) is 13.9. The summed E-state index contributed by atoms with van der Waals surface area (Å²) in [5.74, 6) is 0.192. The van der Waals surface area contributed by atoms with Crippen molar-refractivity contribution in [2.75, 3.05) is 6.61 Å². The monoisotopic (exact) mass is 332 g/mol. The van der Waals surface area contributed by atoms with Crippen molar-refractivity contribution in [2.45, 2.75) is 45.6 Å². The first-order valence-corrected chi connectivity index (χ1v) is 8.60. The fraction of sp³-hybridized carbons (Fsp3) is 0.400. The third-order valence-corrected chi connectivity index (χ3v) is 4.64. The quantitative estimate of drug-likeness (QED) is 0.672. The predicted molar refractivity (Wildman–Crippen MR) is 97.9 cm³/mol. The summed E-state index contributed by atoms with van der Waals surface area (Å²) in [4.78, 5) is 0. The van der Waals surface area contributed by atoms with Gasteiger partial charge in [0.25, 0.3) is 0 Å². The van der Waals surface area contributed by atoms with E-state index < -0.39 is 0 Å². The largest absolute Gasteiger partial charge is 0.508 e. The SMILES string of the molecule is C=C(CC)C1=CCOC1CC/C(=C/c1ccc(O)cc1Cl)CC. The summed E-state index contributed by atoms with van der Waals surface area (Å²) in [5.41, 5.74) is 4.72. The highest BCUT2D eigenvalue weighted by Crippen LogP contribution is 2.30. The maximum atomic E-state index is 9.44. The summed E-state index contributed by atoms with van der Waals surface area (Å²) in [6, 6.07) is 5.09. The molecular formula is C20H25ClO2. The molecule has 2 rings (SSSR count). The number of hydrogen-bond donors (Lipinski definition) is 1. The number of rotatable bonds is 7. The minimum atomic E-state index is 0.160. The van der Waals surface area contributed by atoms with Crippen LogP contribution >= 0.6 is 11.6 Å². The van der Waals surface area contributed by atoms with Crippen molar-refractivity contribution in [1.82, 2.24) is 0 Å². The average molecular weight is 333 g/mol. The maximum absolute atomic E-state index is 9.44. The van der Waals surface area contributed by atoms with Crippen LogP contribution in [0, 0.1) is 0 Å². The number of ether oxygens (including phenoxy) is 1. The first-order valence-electron chi connectivity index (χ1n) is 8.22. The highest BCUT2D eigenvalue weighted by atomic mass is 35.5. The Hall–Kier alpha value is -1.51. The molecule has 0 aromatic heterocycles. The van der Waals surface area contributed by atoms with Crippen LogP contribution in [0.15, 0.2) is 47.6 Å². The average Bonchev–Trinajstić information content (AvgIpc) is 3.01. The molecule has 0 radical (unpaired) electrons. The van der Waals surface area contributed by atoms with Gasteiger partial charge in [-0.15, -0.1) is 0 Å². The Kier molecular flexibility index (Phi) is 6.49. The zero-order chi connectivity index (χ0) is 16.8. The molecule has 1 aromatic carbocycles. The van der Waals surface area contributed by atoms with Crippen molar-refractivity contribution in [1.29, 1.82) is 0 Å². The smallest absolute Gasteiger partial charge is 0.117 e. The Morgan fingerprint density at radius 3 is 2.83 bits per heavy atom. The Bertz CT molecular complexity index is 629. The molecule has 1 aromatic rings. The molecule has 0 saturated heterocycles. The summed E-state index contributed by atoms with van der Waals surface area (Å²) in [6.45, 7) is 9.10. The highest BCUT2D eigenvalue weighted by molar-refractivity contribution is 6.32. The van der Waals surface area contributed by atoms with Gasteiger partial charge in [-0.25, -0.2) is 0 Å². The van der Waals surface area contributed by atoms with E-state index in [2.05, 4.69) is 32.6 Å². The van der Waals surface area contributed by atoms with Crippen LogP contribution in [0.2, 0.25) is 5.02 Å². The second-order valence-electron chi connectivity index (χ2n) is 5.84. The topological polar surface area (TPSA) is 29.5 Å². The number of benzene rings is 1. The van der Waals surface area contributed by atoms with Gasteiger partial charge in [-0.2, -0.15) is 0 Å². The van der Waals surface area contributed by atoms with E-state index >= 15 is 0 Å². The number of hydrogen-bond acceptors (Lipinski definition) is 2. The number of halogens is 1. The summed E-state index contributed by atoms with van der Waals surface area (Å²) >= 11 is 6.19. The lowest BCUT2D eigenvalue weighted by molar-refractivity contribution is 0.116. The maximum Gasteiger partial charge on any atom is 0.117 e. The Morgan fingerprint density at radius 2 is 2.17 bits per heavy atom. The number of aromatic hydroxyl groups is 1.